The van der Waals surface area contributed by atoms with Crippen molar-refractivity contribution in [3.8, 4) is 0 Å². The minimum Gasteiger partial charge on any atom is -0.352 e. The Morgan fingerprint density at radius 3 is 2.05 bits per heavy atom. The minimum atomic E-state index is 0.00187. The number of fused-ring (bicyclic) bond motifs is 1. The van der Waals surface area contributed by atoms with Crippen LogP contribution in [-0.4, -0.2) is 24.7 Å². The molecule has 2 aromatic carbocycles. The van der Waals surface area contributed by atoms with Gasteiger partial charge in [0.1, 0.15) is 0 Å². The fraction of sp³-hybridized carbons (Fsp3) is 0.353. The number of hydrogen-bond acceptors (Lipinski definition) is 4. The first-order valence-electron chi connectivity index (χ1n) is 13.7. The van der Waals surface area contributed by atoms with Crippen LogP contribution in [0.25, 0.3) is 0 Å². The zero-order valence-corrected chi connectivity index (χ0v) is 25.6. The average molecular weight is 557 g/mol. The standard InChI is InChI=1S/C17H21NOS.C17H19NS/c1-17(2,3)14-8-6-13(7-9-14)16(19)18-11-10-15-5-4-12-20-15;1-17(2,3)13-6-4-12(5-7-13)16-14-9-11-19-15(14)8-10-18-16/h4-9,12H,10-11H2,1-3H3,(H,18,19);4-7,9,11H,8,10H2,1-3H3. The highest BCUT2D eigenvalue weighted by Crippen LogP contribution is 2.27. The summed E-state index contributed by atoms with van der Waals surface area (Å²) in [5.74, 6) is 0.00187. The van der Waals surface area contributed by atoms with Gasteiger partial charge in [0.25, 0.3) is 5.91 Å². The lowest BCUT2D eigenvalue weighted by Crippen LogP contribution is -2.25. The summed E-state index contributed by atoms with van der Waals surface area (Å²) in [6.07, 6.45) is 1.99. The average Bonchev–Trinajstić information content (AvgIpc) is 3.60. The number of nitrogens with one attached hydrogen (secondary N) is 1. The normalized spacial score (nSPS) is 13.1. The van der Waals surface area contributed by atoms with Gasteiger partial charge in [-0.3, -0.25) is 9.79 Å². The molecule has 0 aliphatic carbocycles. The molecule has 5 heteroatoms. The van der Waals surface area contributed by atoms with E-state index in [1.807, 2.05) is 41.7 Å². The molecule has 204 valence electrons. The smallest absolute Gasteiger partial charge is 0.251 e. The fourth-order valence-corrected chi connectivity index (χ4v) is 6.03. The molecule has 1 amide bonds. The first kappa shape index (κ1) is 29.0. The minimum absolute atomic E-state index is 0.00187. The van der Waals surface area contributed by atoms with Gasteiger partial charge in [0.2, 0.25) is 0 Å². The van der Waals surface area contributed by atoms with E-state index in [2.05, 4.69) is 94.0 Å². The Hall–Kier alpha value is -3.02. The van der Waals surface area contributed by atoms with Crippen LogP contribution >= 0.6 is 22.7 Å². The van der Waals surface area contributed by atoms with Crippen molar-refractivity contribution in [2.75, 3.05) is 13.1 Å². The molecule has 3 heterocycles. The maximum atomic E-state index is 12.0. The van der Waals surface area contributed by atoms with E-state index in [9.17, 15) is 4.79 Å². The first-order chi connectivity index (χ1) is 18.5. The Balaban J connectivity index is 0.000000181. The van der Waals surface area contributed by atoms with Crippen LogP contribution in [0.5, 0.6) is 0 Å². The van der Waals surface area contributed by atoms with Crippen LogP contribution < -0.4 is 5.32 Å². The predicted molar refractivity (Wildman–Crippen MR) is 169 cm³/mol. The molecule has 39 heavy (non-hydrogen) atoms. The molecule has 1 aliphatic rings. The Kier molecular flexibility index (Phi) is 9.24. The maximum absolute atomic E-state index is 12.0. The van der Waals surface area contributed by atoms with Crippen LogP contribution in [0, 0.1) is 0 Å². The molecule has 3 nitrogen and oxygen atoms in total. The Morgan fingerprint density at radius 2 is 1.46 bits per heavy atom. The molecule has 0 saturated carbocycles. The summed E-state index contributed by atoms with van der Waals surface area (Å²) >= 11 is 3.57. The summed E-state index contributed by atoms with van der Waals surface area (Å²) in [6.45, 7) is 14.9. The summed E-state index contributed by atoms with van der Waals surface area (Å²) in [6, 6.07) is 23.1. The molecular weight excluding hydrogens is 517 g/mol. The van der Waals surface area contributed by atoms with Gasteiger partial charge in [-0.1, -0.05) is 84.0 Å². The van der Waals surface area contributed by atoms with Crippen molar-refractivity contribution < 1.29 is 4.79 Å². The van der Waals surface area contributed by atoms with E-state index in [-0.39, 0.29) is 16.7 Å². The Bertz CT molecular complexity index is 1380. The Morgan fingerprint density at radius 1 is 0.821 bits per heavy atom. The topological polar surface area (TPSA) is 41.5 Å². The van der Waals surface area contributed by atoms with Crippen LogP contribution in [0.2, 0.25) is 0 Å². The van der Waals surface area contributed by atoms with Crippen LogP contribution in [0.4, 0.5) is 0 Å². The monoisotopic (exact) mass is 556 g/mol. The van der Waals surface area contributed by atoms with Crippen LogP contribution in [0.3, 0.4) is 0 Å². The lowest BCUT2D eigenvalue weighted by molar-refractivity contribution is 0.0954. The van der Waals surface area contributed by atoms with E-state index in [1.165, 1.54) is 37.7 Å². The number of benzene rings is 2. The summed E-state index contributed by atoms with van der Waals surface area (Å²) in [7, 11) is 0. The second-order valence-electron chi connectivity index (χ2n) is 12.0. The molecule has 1 N–H and O–H groups in total. The van der Waals surface area contributed by atoms with Gasteiger partial charge >= 0.3 is 0 Å². The number of carbonyl (C=O) groups is 1. The van der Waals surface area contributed by atoms with Gasteiger partial charge in [-0.05, 0) is 63.4 Å². The largest absolute Gasteiger partial charge is 0.352 e. The number of aliphatic imine (C=N–C) groups is 1. The molecule has 0 fully saturated rings. The van der Waals surface area contributed by atoms with Crippen molar-refractivity contribution in [3.05, 3.63) is 115 Å². The molecule has 0 unspecified atom stereocenters. The molecule has 0 saturated heterocycles. The number of thiophene rings is 2. The van der Waals surface area contributed by atoms with Crippen molar-refractivity contribution in [2.45, 2.75) is 65.2 Å². The van der Waals surface area contributed by atoms with Crippen LogP contribution in [-0.2, 0) is 23.7 Å². The van der Waals surface area contributed by atoms with Crippen LogP contribution in [0.15, 0.2) is 82.5 Å². The highest BCUT2D eigenvalue weighted by Gasteiger charge is 2.18. The number of rotatable bonds is 5. The third-order valence-electron chi connectivity index (χ3n) is 6.88. The molecule has 0 atom stereocenters. The molecular formula is C34H40N2OS2. The highest BCUT2D eigenvalue weighted by atomic mass is 32.1. The number of carbonyl (C=O) groups excluding carboxylic acids is 1. The number of hydrogen-bond donors (Lipinski definition) is 1. The van der Waals surface area contributed by atoms with Gasteiger partial charge in [0, 0.05) is 46.0 Å². The van der Waals surface area contributed by atoms with Gasteiger partial charge < -0.3 is 5.32 Å². The van der Waals surface area contributed by atoms with Crippen molar-refractivity contribution in [1.29, 1.82) is 0 Å². The van der Waals surface area contributed by atoms with Crippen molar-refractivity contribution >= 4 is 34.3 Å². The van der Waals surface area contributed by atoms with E-state index in [0.717, 1.165) is 24.9 Å². The second kappa shape index (κ2) is 12.4. The number of nitrogens with zero attached hydrogens (tertiary/aromatic N) is 1. The van der Waals surface area contributed by atoms with E-state index in [4.69, 9.17) is 4.99 Å². The van der Waals surface area contributed by atoms with Gasteiger partial charge in [-0.2, -0.15) is 0 Å². The van der Waals surface area contributed by atoms with Crippen molar-refractivity contribution in [2.24, 2.45) is 4.99 Å². The lowest BCUT2D eigenvalue weighted by Gasteiger charge is -2.20. The van der Waals surface area contributed by atoms with E-state index < -0.39 is 0 Å². The molecule has 1 aliphatic heterocycles. The molecule has 0 radical (unpaired) electrons. The lowest BCUT2D eigenvalue weighted by atomic mass is 9.86. The summed E-state index contributed by atoms with van der Waals surface area (Å²) < 4.78 is 0. The van der Waals surface area contributed by atoms with E-state index >= 15 is 0 Å². The van der Waals surface area contributed by atoms with Gasteiger partial charge in [-0.15, -0.1) is 22.7 Å². The van der Waals surface area contributed by atoms with Gasteiger partial charge in [0.05, 0.1) is 5.71 Å². The molecule has 2 aromatic heterocycles. The molecule has 4 aromatic rings. The van der Waals surface area contributed by atoms with E-state index in [1.54, 1.807) is 11.3 Å². The summed E-state index contributed by atoms with van der Waals surface area (Å²) in [5.41, 5.74) is 7.42. The van der Waals surface area contributed by atoms with Crippen molar-refractivity contribution in [1.82, 2.24) is 5.32 Å². The Labute approximate surface area is 242 Å². The molecule has 0 bridgehead atoms. The first-order valence-corrected chi connectivity index (χ1v) is 15.4. The third kappa shape index (κ3) is 7.77. The summed E-state index contributed by atoms with van der Waals surface area (Å²) in [5, 5.41) is 7.20. The highest BCUT2D eigenvalue weighted by molar-refractivity contribution is 7.10. The van der Waals surface area contributed by atoms with Crippen LogP contribution in [0.1, 0.15) is 83.9 Å². The van der Waals surface area contributed by atoms with Crippen molar-refractivity contribution in [3.63, 3.8) is 0 Å². The zero-order valence-electron chi connectivity index (χ0n) is 24.0. The van der Waals surface area contributed by atoms with E-state index in [0.29, 0.717) is 6.54 Å². The quantitative estimate of drug-likeness (QED) is 0.263. The van der Waals surface area contributed by atoms with Gasteiger partial charge in [-0.25, -0.2) is 0 Å². The van der Waals surface area contributed by atoms with Gasteiger partial charge in [0.15, 0.2) is 0 Å². The fourth-order valence-electron chi connectivity index (χ4n) is 4.45. The SMILES string of the molecule is CC(C)(C)c1ccc(C(=O)NCCc2cccs2)cc1.CC(C)(C)c1ccc(C2=NCCc3sccc32)cc1. The zero-order chi connectivity index (χ0) is 28.0. The third-order valence-corrected chi connectivity index (χ3v) is 8.80. The molecule has 0 spiro atoms. The molecule has 5 rings (SSSR count). The second-order valence-corrected chi connectivity index (χ2v) is 14.0. The number of amides is 1. The summed E-state index contributed by atoms with van der Waals surface area (Å²) in [4.78, 5) is 19.5. The predicted octanol–water partition coefficient (Wildman–Crippen LogP) is 8.46. The maximum Gasteiger partial charge on any atom is 0.251 e.